The number of hydrogen-bond donors (Lipinski definition) is 1. The van der Waals surface area contributed by atoms with Crippen molar-refractivity contribution in [2.24, 2.45) is 0 Å². The van der Waals surface area contributed by atoms with Crippen molar-refractivity contribution in [1.29, 1.82) is 0 Å². The number of methoxy groups -OCH3 is 2. The molecule has 236 valence electrons. The number of halogens is 1. The van der Waals surface area contributed by atoms with E-state index in [1.165, 1.54) is 37.3 Å². The number of nitrogens with one attached hydrogen (secondary N) is 1. The first-order valence-corrected chi connectivity index (χ1v) is 16.5. The molecule has 0 radical (unpaired) electrons. The first-order valence-electron chi connectivity index (χ1n) is 14.7. The molecule has 0 aromatic heterocycles. The summed E-state index contributed by atoms with van der Waals surface area (Å²) in [6.07, 6.45) is 5.00. The highest BCUT2D eigenvalue weighted by molar-refractivity contribution is 7.92. The normalized spacial score (nSPS) is 14.4. The van der Waals surface area contributed by atoms with Crippen LogP contribution in [0.3, 0.4) is 0 Å². The van der Waals surface area contributed by atoms with Crippen molar-refractivity contribution >= 4 is 39.1 Å². The quantitative estimate of drug-likeness (QED) is 0.271. The average molecular weight is 642 g/mol. The standard InChI is InChI=1S/C33H40ClN3O6S/c1-23-13-16-29(17-14-23)44(40,41)37(30-20-28(42-3)15-18-31(30)43-4)22-32(38)36(21-25-9-8-10-26(34)19-25)24(2)33(39)35-27-11-6-5-7-12-27/h8-10,13-20,24,27H,5-7,11-12,21-22H2,1-4H3,(H,35,39)/t24-/m0/s1. The minimum absolute atomic E-state index is 0.00486. The number of ether oxygens (including phenoxy) is 2. The van der Waals surface area contributed by atoms with Gasteiger partial charge < -0.3 is 19.7 Å². The molecule has 9 nitrogen and oxygen atoms in total. The van der Waals surface area contributed by atoms with Crippen LogP contribution in [-0.2, 0) is 26.2 Å². The minimum Gasteiger partial charge on any atom is -0.497 e. The Hall–Kier alpha value is -3.76. The zero-order valence-corrected chi connectivity index (χ0v) is 27.2. The van der Waals surface area contributed by atoms with E-state index in [9.17, 15) is 18.0 Å². The average Bonchev–Trinajstić information content (AvgIpc) is 3.02. The summed E-state index contributed by atoms with van der Waals surface area (Å²) in [4.78, 5) is 29.2. The molecule has 0 unspecified atom stereocenters. The SMILES string of the molecule is COc1ccc(OC)c(N(CC(=O)N(Cc2cccc(Cl)c2)[C@@H](C)C(=O)NC2CCCCC2)S(=O)(=O)c2ccc(C)cc2)c1. The predicted octanol–water partition coefficient (Wildman–Crippen LogP) is 5.73. The van der Waals surface area contributed by atoms with Crippen LogP contribution in [0, 0.1) is 6.92 Å². The van der Waals surface area contributed by atoms with Crippen molar-refractivity contribution in [3.63, 3.8) is 0 Å². The third-order valence-corrected chi connectivity index (χ3v) is 9.91. The lowest BCUT2D eigenvalue weighted by Gasteiger charge is -2.33. The Balaban J connectivity index is 1.75. The second-order valence-electron chi connectivity index (χ2n) is 11.0. The fourth-order valence-electron chi connectivity index (χ4n) is 5.33. The van der Waals surface area contributed by atoms with Crippen LogP contribution >= 0.6 is 11.6 Å². The Kier molecular flexibility index (Phi) is 11.2. The highest BCUT2D eigenvalue weighted by Gasteiger charge is 2.34. The van der Waals surface area contributed by atoms with Crippen molar-refractivity contribution < 1.29 is 27.5 Å². The molecule has 44 heavy (non-hydrogen) atoms. The second kappa shape index (κ2) is 14.8. The molecule has 1 fully saturated rings. The molecular formula is C33H40ClN3O6S. The van der Waals surface area contributed by atoms with E-state index in [1.807, 2.05) is 13.0 Å². The van der Waals surface area contributed by atoms with Crippen LogP contribution in [0.25, 0.3) is 0 Å². The van der Waals surface area contributed by atoms with E-state index >= 15 is 0 Å². The van der Waals surface area contributed by atoms with Crippen LogP contribution in [0.5, 0.6) is 11.5 Å². The first-order chi connectivity index (χ1) is 21.0. The van der Waals surface area contributed by atoms with E-state index in [0.717, 1.165) is 42.0 Å². The minimum atomic E-state index is -4.28. The predicted molar refractivity (Wildman–Crippen MR) is 172 cm³/mol. The van der Waals surface area contributed by atoms with Gasteiger partial charge in [0, 0.05) is 23.7 Å². The monoisotopic (exact) mass is 641 g/mol. The van der Waals surface area contributed by atoms with Crippen LogP contribution in [0.2, 0.25) is 5.02 Å². The second-order valence-corrected chi connectivity index (χ2v) is 13.3. The zero-order chi connectivity index (χ0) is 31.9. The summed E-state index contributed by atoms with van der Waals surface area (Å²) < 4.78 is 40.3. The van der Waals surface area contributed by atoms with Crippen LogP contribution in [0.4, 0.5) is 5.69 Å². The summed E-state index contributed by atoms with van der Waals surface area (Å²) in [5, 5.41) is 3.59. The number of sulfonamides is 1. The molecule has 1 saturated carbocycles. The van der Waals surface area contributed by atoms with Crippen molar-refractivity contribution in [3.8, 4) is 11.5 Å². The molecule has 4 rings (SSSR count). The number of nitrogens with zero attached hydrogens (tertiary/aromatic N) is 2. The molecule has 3 aromatic carbocycles. The largest absolute Gasteiger partial charge is 0.497 e. The van der Waals surface area contributed by atoms with Crippen molar-refractivity contribution in [1.82, 2.24) is 10.2 Å². The number of hydrogen-bond acceptors (Lipinski definition) is 6. The first kappa shape index (κ1) is 33.1. The van der Waals surface area contributed by atoms with Gasteiger partial charge in [0.15, 0.2) is 0 Å². The van der Waals surface area contributed by atoms with Crippen LogP contribution < -0.4 is 19.1 Å². The van der Waals surface area contributed by atoms with Crippen molar-refractivity contribution in [2.45, 2.75) is 69.5 Å². The number of benzene rings is 3. The van der Waals surface area contributed by atoms with Gasteiger partial charge in [0.1, 0.15) is 24.1 Å². The van der Waals surface area contributed by atoms with Gasteiger partial charge in [-0.3, -0.25) is 13.9 Å². The summed E-state index contributed by atoms with van der Waals surface area (Å²) in [7, 11) is -1.39. The molecule has 1 aliphatic carbocycles. The van der Waals surface area contributed by atoms with E-state index in [-0.39, 0.29) is 34.8 Å². The lowest BCUT2D eigenvalue weighted by atomic mass is 9.95. The highest BCUT2D eigenvalue weighted by Crippen LogP contribution is 2.36. The number of rotatable bonds is 12. The Bertz CT molecular complexity index is 1560. The van der Waals surface area contributed by atoms with Gasteiger partial charge in [0.2, 0.25) is 11.8 Å². The van der Waals surface area contributed by atoms with Gasteiger partial charge in [0.25, 0.3) is 10.0 Å². The van der Waals surface area contributed by atoms with Gasteiger partial charge in [0.05, 0.1) is 24.8 Å². The number of carbonyl (C=O) groups is 2. The highest BCUT2D eigenvalue weighted by atomic mass is 35.5. The Morgan fingerprint density at radius 1 is 0.977 bits per heavy atom. The van der Waals surface area contributed by atoms with Crippen LogP contribution in [0.1, 0.15) is 50.2 Å². The van der Waals surface area contributed by atoms with Gasteiger partial charge in [-0.1, -0.05) is 60.7 Å². The fourth-order valence-corrected chi connectivity index (χ4v) is 6.96. The van der Waals surface area contributed by atoms with Crippen LogP contribution in [0.15, 0.2) is 71.6 Å². The third kappa shape index (κ3) is 8.04. The molecule has 3 aromatic rings. The number of aryl methyl sites for hydroxylation is 1. The molecule has 0 bridgehead atoms. The van der Waals surface area contributed by atoms with Gasteiger partial charge >= 0.3 is 0 Å². The topological polar surface area (TPSA) is 105 Å². The van der Waals surface area contributed by atoms with Gasteiger partial charge in [-0.05, 0) is 68.7 Å². The number of amides is 2. The van der Waals surface area contributed by atoms with Gasteiger partial charge in [-0.2, -0.15) is 0 Å². The van der Waals surface area contributed by atoms with E-state index < -0.39 is 28.5 Å². The maximum absolute atomic E-state index is 14.3. The van der Waals surface area contributed by atoms with E-state index in [0.29, 0.717) is 16.3 Å². The summed E-state index contributed by atoms with van der Waals surface area (Å²) in [5.74, 6) is -0.247. The molecule has 11 heteroatoms. The van der Waals surface area contributed by atoms with Gasteiger partial charge in [-0.25, -0.2) is 8.42 Å². The lowest BCUT2D eigenvalue weighted by molar-refractivity contribution is -0.139. The fraction of sp³-hybridized carbons (Fsp3) is 0.394. The summed E-state index contributed by atoms with van der Waals surface area (Å²) in [6, 6.07) is 17.3. The van der Waals surface area contributed by atoms with Crippen molar-refractivity contribution in [2.75, 3.05) is 25.1 Å². The molecule has 1 atom stereocenters. The summed E-state index contributed by atoms with van der Waals surface area (Å²) in [6.45, 7) is 2.97. The number of anilines is 1. The maximum Gasteiger partial charge on any atom is 0.264 e. The van der Waals surface area contributed by atoms with Gasteiger partial charge in [-0.15, -0.1) is 0 Å². The molecule has 1 aliphatic rings. The lowest BCUT2D eigenvalue weighted by Crippen LogP contribution is -2.53. The Labute approximate surface area is 265 Å². The molecule has 2 amide bonds. The van der Waals surface area contributed by atoms with Crippen LogP contribution in [-0.4, -0.2) is 58.0 Å². The summed E-state index contributed by atoms with van der Waals surface area (Å²) >= 11 is 6.25. The molecule has 0 spiro atoms. The number of carbonyl (C=O) groups excluding carboxylic acids is 2. The Morgan fingerprint density at radius 3 is 2.32 bits per heavy atom. The molecule has 0 heterocycles. The third-order valence-electron chi connectivity index (χ3n) is 7.90. The van der Waals surface area contributed by atoms with E-state index in [4.69, 9.17) is 21.1 Å². The molecule has 0 saturated heterocycles. The summed E-state index contributed by atoms with van der Waals surface area (Å²) in [5.41, 5.74) is 1.72. The Morgan fingerprint density at radius 2 is 1.68 bits per heavy atom. The maximum atomic E-state index is 14.3. The van der Waals surface area contributed by atoms with E-state index in [2.05, 4.69) is 5.32 Å². The smallest absolute Gasteiger partial charge is 0.264 e. The zero-order valence-electron chi connectivity index (χ0n) is 25.6. The molecule has 1 N–H and O–H groups in total. The van der Waals surface area contributed by atoms with E-state index in [1.54, 1.807) is 49.4 Å². The molecule has 0 aliphatic heterocycles. The molecular weight excluding hydrogens is 602 g/mol. The van der Waals surface area contributed by atoms with Crippen molar-refractivity contribution in [3.05, 3.63) is 82.9 Å².